The minimum atomic E-state index is 1.27. The molecule has 9 rings (SSSR count). The van der Waals surface area contributed by atoms with Gasteiger partial charge < -0.3 is 0 Å². The number of benzene rings is 8. The Bertz CT molecular complexity index is 2420. The highest BCUT2D eigenvalue weighted by Crippen LogP contribution is 2.49. The van der Waals surface area contributed by atoms with Gasteiger partial charge in [0.15, 0.2) is 0 Å². The lowest BCUT2D eigenvalue weighted by atomic mass is 9.83. The Kier molecular flexibility index (Phi) is 4.87. The molecule has 0 atom stereocenters. The van der Waals surface area contributed by atoms with Crippen LogP contribution in [0.4, 0.5) is 0 Å². The van der Waals surface area contributed by atoms with Crippen LogP contribution in [-0.2, 0) is 0 Å². The quantitative estimate of drug-likeness (QED) is 0.152. The second-order valence-electron chi connectivity index (χ2n) is 10.8. The van der Waals surface area contributed by atoms with Gasteiger partial charge in [-0.2, -0.15) is 0 Å². The Morgan fingerprint density at radius 3 is 1.49 bits per heavy atom. The molecule has 1 heteroatoms. The van der Waals surface area contributed by atoms with Crippen LogP contribution in [0.3, 0.4) is 0 Å². The second kappa shape index (κ2) is 8.76. The van der Waals surface area contributed by atoms with Gasteiger partial charge >= 0.3 is 0 Å². The van der Waals surface area contributed by atoms with Crippen LogP contribution < -0.4 is 0 Å². The number of thiophene rings is 1. The van der Waals surface area contributed by atoms with Crippen molar-refractivity contribution in [1.82, 2.24) is 0 Å². The Labute approximate surface area is 241 Å². The largest absolute Gasteiger partial charge is 0.135 e. The number of rotatable bonds is 2. The highest BCUT2D eigenvalue weighted by Gasteiger charge is 2.20. The number of hydrogen-bond donors (Lipinski definition) is 0. The van der Waals surface area contributed by atoms with Gasteiger partial charge in [-0.3, -0.25) is 0 Å². The van der Waals surface area contributed by atoms with Gasteiger partial charge in [0.1, 0.15) is 0 Å². The van der Waals surface area contributed by atoms with Crippen LogP contribution in [0.5, 0.6) is 0 Å². The van der Waals surface area contributed by atoms with Crippen LogP contribution in [0.2, 0.25) is 0 Å². The summed E-state index contributed by atoms with van der Waals surface area (Å²) in [5, 5.41) is 13.0. The summed E-state index contributed by atoms with van der Waals surface area (Å²) in [7, 11) is 0. The summed E-state index contributed by atoms with van der Waals surface area (Å²) in [6, 6.07) is 53.7. The first-order valence-corrected chi connectivity index (χ1v) is 14.9. The lowest BCUT2D eigenvalue weighted by Gasteiger charge is -2.20. The molecule has 0 aliphatic heterocycles. The molecular formula is C40H24S. The molecule has 0 spiro atoms. The van der Waals surface area contributed by atoms with E-state index < -0.39 is 0 Å². The third-order valence-electron chi connectivity index (χ3n) is 8.64. The predicted octanol–water partition coefficient (Wildman–Crippen LogP) is 12.0. The minimum absolute atomic E-state index is 1.27. The van der Waals surface area contributed by atoms with Crippen LogP contribution in [0.25, 0.3) is 85.5 Å². The summed E-state index contributed by atoms with van der Waals surface area (Å²) in [4.78, 5) is 0. The van der Waals surface area contributed by atoms with E-state index in [1.54, 1.807) is 0 Å². The Morgan fingerprint density at radius 1 is 0.317 bits per heavy atom. The maximum absolute atomic E-state index is 2.40. The molecule has 0 amide bonds. The molecule has 0 aliphatic rings. The zero-order valence-corrected chi connectivity index (χ0v) is 23.1. The smallest absolute Gasteiger partial charge is 0.0361 e. The Morgan fingerprint density at radius 2 is 0.805 bits per heavy atom. The van der Waals surface area contributed by atoms with Crippen LogP contribution in [0, 0.1) is 0 Å². The molecule has 9 aromatic rings. The fourth-order valence-corrected chi connectivity index (χ4v) is 8.08. The Balaban J connectivity index is 1.49. The van der Waals surface area contributed by atoms with Gasteiger partial charge in [0.2, 0.25) is 0 Å². The van der Waals surface area contributed by atoms with Crippen LogP contribution in [0.15, 0.2) is 146 Å². The van der Waals surface area contributed by atoms with E-state index in [-0.39, 0.29) is 0 Å². The average molecular weight is 537 g/mol. The van der Waals surface area contributed by atoms with E-state index >= 15 is 0 Å². The molecule has 190 valence electrons. The first-order valence-electron chi connectivity index (χ1n) is 14.1. The highest BCUT2D eigenvalue weighted by atomic mass is 32.1. The molecule has 0 aliphatic carbocycles. The molecule has 0 bridgehead atoms. The van der Waals surface area contributed by atoms with Crippen molar-refractivity contribution in [3.8, 4) is 22.3 Å². The lowest BCUT2D eigenvalue weighted by molar-refractivity contribution is 1.70. The maximum atomic E-state index is 2.40. The van der Waals surface area contributed by atoms with E-state index in [0.29, 0.717) is 0 Å². The van der Waals surface area contributed by atoms with Crippen molar-refractivity contribution in [1.29, 1.82) is 0 Å². The third kappa shape index (κ3) is 3.27. The van der Waals surface area contributed by atoms with E-state index in [0.717, 1.165) is 0 Å². The molecule has 41 heavy (non-hydrogen) atoms. The van der Waals surface area contributed by atoms with Gasteiger partial charge in [-0.25, -0.2) is 0 Å². The molecule has 0 saturated carbocycles. The topological polar surface area (TPSA) is 0 Å². The number of hydrogen-bond acceptors (Lipinski definition) is 1. The zero-order valence-electron chi connectivity index (χ0n) is 22.3. The zero-order chi connectivity index (χ0) is 26.9. The lowest BCUT2D eigenvalue weighted by Crippen LogP contribution is -1.92. The van der Waals surface area contributed by atoms with Crippen molar-refractivity contribution < 1.29 is 0 Å². The molecule has 1 heterocycles. The minimum Gasteiger partial charge on any atom is -0.135 e. The summed E-state index contributed by atoms with van der Waals surface area (Å²) in [5.41, 5.74) is 5.23. The van der Waals surface area contributed by atoms with Crippen molar-refractivity contribution in [2.24, 2.45) is 0 Å². The van der Waals surface area contributed by atoms with Crippen molar-refractivity contribution in [3.63, 3.8) is 0 Å². The van der Waals surface area contributed by atoms with Crippen molar-refractivity contribution >= 4 is 74.6 Å². The molecular weight excluding hydrogens is 513 g/mol. The molecule has 0 fully saturated rings. The van der Waals surface area contributed by atoms with E-state index in [9.17, 15) is 0 Å². The van der Waals surface area contributed by atoms with E-state index in [1.165, 1.54) is 85.5 Å². The van der Waals surface area contributed by atoms with E-state index in [1.807, 2.05) is 11.3 Å². The summed E-state index contributed by atoms with van der Waals surface area (Å²) >= 11 is 1.88. The molecule has 0 unspecified atom stereocenters. The molecule has 0 radical (unpaired) electrons. The molecule has 0 saturated heterocycles. The predicted molar refractivity (Wildman–Crippen MR) is 180 cm³/mol. The SMILES string of the molecule is c1ccc2c(c1)cc(-c1c3ccccc3c(-c3cccc4sc5ccccc5c34)c3ccccc13)c1ccccc12. The summed E-state index contributed by atoms with van der Waals surface area (Å²) in [6.45, 7) is 0. The van der Waals surface area contributed by atoms with Gasteiger partial charge in [-0.15, -0.1) is 11.3 Å². The van der Waals surface area contributed by atoms with Crippen molar-refractivity contribution in [2.75, 3.05) is 0 Å². The summed E-state index contributed by atoms with van der Waals surface area (Å²) in [5.74, 6) is 0. The van der Waals surface area contributed by atoms with Crippen molar-refractivity contribution in [2.45, 2.75) is 0 Å². The first-order chi connectivity index (χ1) is 20.4. The van der Waals surface area contributed by atoms with Crippen LogP contribution in [-0.4, -0.2) is 0 Å². The van der Waals surface area contributed by atoms with Crippen LogP contribution >= 0.6 is 11.3 Å². The van der Waals surface area contributed by atoms with Gasteiger partial charge in [-0.05, 0) is 83.5 Å². The fourth-order valence-electron chi connectivity index (χ4n) is 6.95. The molecule has 0 N–H and O–H groups in total. The first kappa shape index (κ1) is 22.8. The molecule has 1 aromatic heterocycles. The average Bonchev–Trinajstić information content (AvgIpc) is 3.42. The Hall–Kier alpha value is -4.98. The van der Waals surface area contributed by atoms with Crippen molar-refractivity contribution in [3.05, 3.63) is 146 Å². The van der Waals surface area contributed by atoms with Gasteiger partial charge in [0.05, 0.1) is 0 Å². The standard InChI is InChI=1S/C40H24S/c1-2-13-26-25(12-1)24-35(28-15-4-3-14-27(26)28)39-31-18-7-5-16-29(31)38(30-17-6-8-19-32(30)39)34-21-11-23-37-40(34)33-20-9-10-22-36(33)41-37/h1-24H. The monoisotopic (exact) mass is 536 g/mol. The normalized spacial score (nSPS) is 11.9. The van der Waals surface area contributed by atoms with E-state index in [4.69, 9.17) is 0 Å². The van der Waals surface area contributed by atoms with Gasteiger partial charge in [0.25, 0.3) is 0 Å². The fraction of sp³-hybridized carbons (Fsp3) is 0. The summed E-state index contributed by atoms with van der Waals surface area (Å²) in [6.07, 6.45) is 0. The van der Waals surface area contributed by atoms with Gasteiger partial charge in [0, 0.05) is 20.2 Å². The molecule has 0 nitrogen and oxygen atoms in total. The molecule has 8 aromatic carbocycles. The van der Waals surface area contributed by atoms with E-state index in [2.05, 4.69) is 146 Å². The van der Waals surface area contributed by atoms with Crippen LogP contribution in [0.1, 0.15) is 0 Å². The second-order valence-corrected chi connectivity index (χ2v) is 11.9. The number of fused-ring (bicyclic) bond motifs is 8. The third-order valence-corrected chi connectivity index (χ3v) is 9.78. The maximum Gasteiger partial charge on any atom is 0.0361 e. The van der Waals surface area contributed by atoms with Gasteiger partial charge in [-0.1, -0.05) is 127 Å². The highest BCUT2D eigenvalue weighted by molar-refractivity contribution is 7.25. The summed E-state index contributed by atoms with van der Waals surface area (Å²) < 4.78 is 2.67.